The largest absolute Gasteiger partial charge is 0.497 e. The fourth-order valence-corrected chi connectivity index (χ4v) is 11.5. The van der Waals surface area contributed by atoms with Gasteiger partial charge in [0.25, 0.3) is 5.91 Å². The zero-order valence-electron chi connectivity index (χ0n) is 36.5. The fourth-order valence-electron chi connectivity index (χ4n) is 10.1. The topological polar surface area (TPSA) is 192 Å². The molecule has 2 aliphatic heterocycles. The van der Waals surface area contributed by atoms with Gasteiger partial charge in [-0.2, -0.15) is 0 Å². The third kappa shape index (κ3) is 8.96. The molecular formula is C47H56FN5O10S. The molecule has 3 heterocycles. The van der Waals surface area contributed by atoms with Gasteiger partial charge >= 0.3 is 6.09 Å². The Kier molecular flexibility index (Phi) is 11.7. The van der Waals surface area contributed by atoms with Crippen molar-refractivity contribution in [2.45, 2.75) is 113 Å². The van der Waals surface area contributed by atoms with Gasteiger partial charge in [-0.1, -0.05) is 26.0 Å². The molecule has 342 valence electrons. The number of alkyl carbamates (subject to hydrolysis) is 1. The molecule has 64 heavy (non-hydrogen) atoms. The molecule has 4 saturated carbocycles. The monoisotopic (exact) mass is 901 g/mol. The smallest absolute Gasteiger partial charge is 0.408 e. The SMILES string of the molecule is COc1ccc2c(O[C@@H]3C[C@H]4C(=O)N[C@]5(C(=O)NS(=O)(=O)C6CC6)C[C@H]5/C=C\CC[C@H](C)C[C@@H](C)[C@H](NC(=O)OC5C[C@@H]6C[C@@H]6C5)C(=O)N4C3)nc(-c3ccc(OC)c(F)c3)cc2c1. The van der Waals surface area contributed by atoms with Gasteiger partial charge < -0.3 is 34.5 Å². The summed E-state index contributed by atoms with van der Waals surface area (Å²) >= 11 is 0. The average molecular weight is 902 g/mol. The maximum absolute atomic E-state index is 15.1. The van der Waals surface area contributed by atoms with Crippen LogP contribution in [0.3, 0.4) is 0 Å². The van der Waals surface area contributed by atoms with E-state index in [1.165, 1.54) is 24.1 Å². The maximum Gasteiger partial charge on any atom is 0.408 e. The summed E-state index contributed by atoms with van der Waals surface area (Å²) in [5.41, 5.74) is -0.739. The van der Waals surface area contributed by atoms with Crippen LogP contribution in [0.5, 0.6) is 17.4 Å². The van der Waals surface area contributed by atoms with E-state index >= 15 is 9.18 Å². The van der Waals surface area contributed by atoms with E-state index in [9.17, 15) is 22.8 Å². The number of methoxy groups -OCH3 is 2. The molecule has 0 bridgehead atoms. The molecule has 0 radical (unpaired) electrons. The Hall–Kier alpha value is -5.45. The van der Waals surface area contributed by atoms with Crippen LogP contribution in [0.1, 0.15) is 78.1 Å². The lowest BCUT2D eigenvalue weighted by atomic mass is 9.88. The first-order valence-corrected chi connectivity index (χ1v) is 24.0. The summed E-state index contributed by atoms with van der Waals surface area (Å²) in [4.78, 5) is 63.7. The number of pyridine rings is 1. The third-order valence-electron chi connectivity index (χ3n) is 14.1. The van der Waals surface area contributed by atoms with E-state index in [4.69, 9.17) is 23.9 Å². The Morgan fingerprint density at radius 3 is 2.44 bits per heavy atom. The van der Waals surface area contributed by atoms with Gasteiger partial charge in [0, 0.05) is 23.3 Å². The molecule has 3 aromatic rings. The molecule has 1 saturated heterocycles. The van der Waals surface area contributed by atoms with E-state index in [-0.39, 0.29) is 49.0 Å². The van der Waals surface area contributed by atoms with Crippen LogP contribution in [-0.2, 0) is 29.1 Å². The van der Waals surface area contributed by atoms with Crippen molar-refractivity contribution < 1.29 is 50.9 Å². The summed E-state index contributed by atoms with van der Waals surface area (Å²) in [6.45, 7) is 3.89. The van der Waals surface area contributed by atoms with Gasteiger partial charge in [-0.25, -0.2) is 22.6 Å². The second-order valence-electron chi connectivity index (χ2n) is 18.9. The zero-order valence-corrected chi connectivity index (χ0v) is 37.3. The van der Waals surface area contributed by atoms with E-state index < -0.39 is 74.5 Å². The van der Waals surface area contributed by atoms with Crippen molar-refractivity contribution in [2.75, 3.05) is 20.8 Å². The van der Waals surface area contributed by atoms with E-state index in [1.54, 1.807) is 37.4 Å². The van der Waals surface area contributed by atoms with Gasteiger partial charge in [-0.3, -0.25) is 19.1 Å². The number of nitrogens with one attached hydrogen (secondary N) is 3. The molecule has 17 heteroatoms. The molecule has 15 nitrogen and oxygen atoms in total. The highest BCUT2D eigenvalue weighted by Gasteiger charge is 2.62. The number of amides is 4. The maximum atomic E-state index is 15.1. The van der Waals surface area contributed by atoms with Crippen molar-refractivity contribution in [3.63, 3.8) is 0 Å². The van der Waals surface area contributed by atoms with Gasteiger partial charge in [0.05, 0.1) is 31.7 Å². The van der Waals surface area contributed by atoms with E-state index in [0.29, 0.717) is 65.3 Å². The predicted molar refractivity (Wildman–Crippen MR) is 233 cm³/mol. The Labute approximate surface area is 372 Å². The second kappa shape index (κ2) is 17.2. The van der Waals surface area contributed by atoms with Crippen LogP contribution in [0.2, 0.25) is 0 Å². The minimum Gasteiger partial charge on any atom is -0.497 e. The molecule has 10 atom stereocenters. The predicted octanol–water partition coefficient (Wildman–Crippen LogP) is 5.80. The molecule has 5 fully saturated rings. The van der Waals surface area contributed by atoms with E-state index in [2.05, 4.69) is 22.3 Å². The van der Waals surface area contributed by atoms with Crippen molar-refractivity contribution in [1.82, 2.24) is 25.2 Å². The van der Waals surface area contributed by atoms with Crippen molar-refractivity contribution in [1.29, 1.82) is 0 Å². The number of hydrogen-bond donors (Lipinski definition) is 3. The summed E-state index contributed by atoms with van der Waals surface area (Å²) in [7, 11) is -1.03. The summed E-state index contributed by atoms with van der Waals surface area (Å²) in [6, 6.07) is 9.32. The molecule has 1 aromatic heterocycles. The molecule has 2 aromatic carbocycles. The van der Waals surface area contributed by atoms with E-state index in [0.717, 1.165) is 25.7 Å². The van der Waals surface area contributed by atoms with Crippen LogP contribution in [0.15, 0.2) is 54.6 Å². The number of fused-ring (bicyclic) bond motifs is 4. The third-order valence-corrected chi connectivity index (χ3v) is 15.9. The fraction of sp³-hybridized carbons (Fsp3) is 0.553. The number of aromatic nitrogens is 1. The van der Waals surface area contributed by atoms with Gasteiger partial charge in [0.15, 0.2) is 11.6 Å². The minimum absolute atomic E-state index is 0.0380. The summed E-state index contributed by atoms with van der Waals surface area (Å²) in [5.74, 6) is -1.36. The lowest BCUT2D eigenvalue weighted by molar-refractivity contribution is -0.142. The average Bonchev–Trinajstić information content (AvgIpc) is 4.23. The van der Waals surface area contributed by atoms with Crippen LogP contribution in [0.4, 0.5) is 9.18 Å². The van der Waals surface area contributed by atoms with Crippen LogP contribution in [0, 0.1) is 35.4 Å². The Morgan fingerprint density at radius 2 is 1.72 bits per heavy atom. The van der Waals surface area contributed by atoms with Crippen LogP contribution in [0.25, 0.3) is 22.0 Å². The highest BCUT2D eigenvalue weighted by atomic mass is 32.2. The standard InChI is InChI=1S/C47H56FN5O10S/c1-25-7-5-6-8-31-23-47(31,45(56)52-64(58,59)35-11-12-35)51-42(54)39-22-34(24-53(39)44(55)41(26(2)15-25)50-46(57)63-33-17-28-16-29(28)18-33)62-43-36-13-10-32(60-3)19-30(36)21-38(49-43)27-9-14-40(61-4)37(48)20-27/h6,8-10,13-14,19-21,25-26,28-29,31,33-35,39,41H,5,7,11-12,15-18,22-24H2,1-4H3,(H,50,57)(H,51,54)(H,52,56)/b8-6-/t25-,26+,28-,29+,31+,33?,34+,39-,41-,47+/m0/s1. The minimum atomic E-state index is -3.95. The summed E-state index contributed by atoms with van der Waals surface area (Å²) < 4.78 is 66.5. The number of carbonyl (C=O) groups excluding carboxylic acids is 4. The number of halogens is 1. The molecule has 4 aliphatic carbocycles. The zero-order chi connectivity index (χ0) is 45.1. The summed E-state index contributed by atoms with van der Waals surface area (Å²) in [6.07, 6.45) is 7.84. The number of rotatable bonds is 10. The van der Waals surface area contributed by atoms with Gasteiger partial charge in [-0.15, -0.1) is 0 Å². The Bertz CT molecular complexity index is 2490. The first-order chi connectivity index (χ1) is 30.6. The molecule has 0 spiro atoms. The molecule has 4 amide bonds. The summed E-state index contributed by atoms with van der Waals surface area (Å²) in [5, 5.41) is 6.42. The molecular weight excluding hydrogens is 846 g/mol. The quantitative estimate of drug-likeness (QED) is 0.209. The highest BCUT2D eigenvalue weighted by Crippen LogP contribution is 2.52. The number of ether oxygens (including phenoxy) is 4. The highest BCUT2D eigenvalue weighted by molar-refractivity contribution is 7.91. The van der Waals surface area contributed by atoms with Crippen molar-refractivity contribution in [3.05, 3.63) is 60.4 Å². The number of nitrogens with zero attached hydrogens (tertiary/aromatic N) is 2. The molecule has 1 unspecified atom stereocenters. The van der Waals surface area contributed by atoms with Crippen LogP contribution in [-0.4, -0.2) is 98.0 Å². The molecule has 9 rings (SSSR count). The Morgan fingerprint density at radius 1 is 0.938 bits per heavy atom. The number of allylic oxidation sites excluding steroid dienone is 1. The number of benzene rings is 2. The van der Waals surface area contributed by atoms with Gasteiger partial charge in [0.1, 0.15) is 35.6 Å². The van der Waals surface area contributed by atoms with Crippen LogP contribution >= 0.6 is 0 Å². The van der Waals surface area contributed by atoms with Crippen molar-refractivity contribution >= 4 is 44.6 Å². The number of carbonyl (C=O) groups is 4. The first kappa shape index (κ1) is 43.8. The lowest BCUT2D eigenvalue weighted by Crippen LogP contribution is -2.59. The first-order valence-electron chi connectivity index (χ1n) is 22.5. The van der Waals surface area contributed by atoms with Crippen molar-refractivity contribution in [2.24, 2.45) is 29.6 Å². The molecule has 6 aliphatic rings. The molecule has 3 N–H and O–H groups in total. The second-order valence-corrected chi connectivity index (χ2v) is 20.8. The van der Waals surface area contributed by atoms with Gasteiger partial charge in [0.2, 0.25) is 27.7 Å². The van der Waals surface area contributed by atoms with Crippen LogP contribution < -0.4 is 29.6 Å². The lowest BCUT2D eigenvalue weighted by Gasteiger charge is -2.33. The van der Waals surface area contributed by atoms with Gasteiger partial charge in [-0.05, 0) is 129 Å². The number of sulfonamides is 1. The normalized spacial score (nSPS) is 31.8. The number of hydrogen-bond acceptors (Lipinski definition) is 11. The Balaban J connectivity index is 1.06. The van der Waals surface area contributed by atoms with Crippen molar-refractivity contribution in [3.8, 4) is 28.6 Å². The van der Waals surface area contributed by atoms with E-state index in [1.807, 2.05) is 19.1 Å².